The Morgan fingerprint density at radius 2 is 2.33 bits per heavy atom. The van der Waals surface area contributed by atoms with Crippen LogP contribution in [0.3, 0.4) is 0 Å². The van der Waals surface area contributed by atoms with Crippen molar-refractivity contribution in [3.8, 4) is 5.75 Å². The number of amides is 1. The van der Waals surface area contributed by atoms with Gasteiger partial charge in [0.2, 0.25) is 0 Å². The van der Waals surface area contributed by atoms with Crippen molar-refractivity contribution >= 4 is 17.2 Å². The first kappa shape index (κ1) is 17.7. The number of likely N-dealkylation sites (tertiary alicyclic amines) is 1. The smallest absolute Gasteiger partial charge is 0.267 e. The third kappa shape index (κ3) is 3.46. The van der Waals surface area contributed by atoms with E-state index in [2.05, 4.69) is 0 Å². The van der Waals surface area contributed by atoms with Gasteiger partial charge in [-0.25, -0.2) is 0 Å². The van der Waals surface area contributed by atoms with Gasteiger partial charge in [0.1, 0.15) is 10.6 Å². The van der Waals surface area contributed by atoms with E-state index in [-0.39, 0.29) is 17.4 Å². The fourth-order valence-corrected chi connectivity index (χ4v) is 4.65. The Bertz CT molecular complexity index is 561. The SMILES string of the molecule is CCOC[C@@]12CCCO[C@H]1CCN(C(=O)c1sccc1OCC)C2. The summed E-state index contributed by atoms with van der Waals surface area (Å²) in [5.74, 6) is 0.779. The van der Waals surface area contributed by atoms with Crippen LogP contribution in [0.5, 0.6) is 5.75 Å². The predicted molar refractivity (Wildman–Crippen MR) is 93.9 cm³/mol. The Morgan fingerprint density at radius 1 is 1.46 bits per heavy atom. The topological polar surface area (TPSA) is 48.0 Å². The van der Waals surface area contributed by atoms with Crippen LogP contribution in [0.15, 0.2) is 11.4 Å². The minimum absolute atomic E-state index is 0.0643. The van der Waals surface area contributed by atoms with E-state index in [9.17, 15) is 4.79 Å². The van der Waals surface area contributed by atoms with Gasteiger partial charge in [-0.3, -0.25) is 4.79 Å². The van der Waals surface area contributed by atoms with E-state index in [0.717, 1.165) is 32.4 Å². The zero-order valence-corrected chi connectivity index (χ0v) is 15.4. The Kier molecular flexibility index (Phi) is 5.79. The second-order valence-electron chi connectivity index (χ2n) is 6.52. The van der Waals surface area contributed by atoms with Crippen LogP contribution in [0, 0.1) is 5.41 Å². The van der Waals surface area contributed by atoms with Crippen molar-refractivity contribution in [1.29, 1.82) is 0 Å². The lowest BCUT2D eigenvalue weighted by Crippen LogP contribution is -2.58. The van der Waals surface area contributed by atoms with Crippen LogP contribution in [-0.2, 0) is 9.47 Å². The molecule has 6 heteroatoms. The summed E-state index contributed by atoms with van der Waals surface area (Å²) in [7, 11) is 0. The number of rotatable bonds is 6. The number of thiophene rings is 1. The first-order valence-electron chi connectivity index (χ1n) is 8.89. The highest BCUT2D eigenvalue weighted by Gasteiger charge is 2.47. The molecule has 3 rings (SSSR count). The molecule has 2 atom stereocenters. The number of fused-ring (bicyclic) bond motifs is 1. The Hall–Kier alpha value is -1.11. The molecule has 3 heterocycles. The fraction of sp³-hybridized carbons (Fsp3) is 0.722. The lowest BCUT2D eigenvalue weighted by Gasteiger charge is -2.50. The molecule has 1 aromatic heterocycles. The van der Waals surface area contributed by atoms with Gasteiger partial charge < -0.3 is 19.1 Å². The lowest BCUT2D eigenvalue weighted by molar-refractivity contribution is -0.145. The van der Waals surface area contributed by atoms with E-state index in [1.807, 2.05) is 30.2 Å². The number of piperidine rings is 1. The first-order chi connectivity index (χ1) is 11.7. The van der Waals surface area contributed by atoms with Crippen LogP contribution < -0.4 is 4.74 Å². The highest BCUT2D eigenvalue weighted by atomic mass is 32.1. The summed E-state index contributed by atoms with van der Waals surface area (Å²) < 4.78 is 17.4. The summed E-state index contributed by atoms with van der Waals surface area (Å²) in [4.78, 5) is 15.7. The van der Waals surface area contributed by atoms with Gasteiger partial charge in [-0.05, 0) is 44.6 Å². The van der Waals surface area contributed by atoms with Gasteiger partial charge in [-0.15, -0.1) is 11.3 Å². The summed E-state index contributed by atoms with van der Waals surface area (Å²) in [6, 6.07) is 1.88. The summed E-state index contributed by atoms with van der Waals surface area (Å²) in [6.07, 6.45) is 3.18. The lowest BCUT2D eigenvalue weighted by atomic mass is 9.73. The maximum Gasteiger partial charge on any atom is 0.267 e. The first-order valence-corrected chi connectivity index (χ1v) is 9.77. The molecule has 0 bridgehead atoms. The molecule has 0 N–H and O–H groups in total. The molecule has 0 radical (unpaired) electrons. The fourth-order valence-electron chi connectivity index (χ4n) is 3.85. The van der Waals surface area contributed by atoms with Crippen molar-refractivity contribution in [2.24, 2.45) is 5.41 Å². The van der Waals surface area contributed by atoms with Gasteiger partial charge in [0.25, 0.3) is 5.91 Å². The molecule has 0 spiro atoms. The minimum Gasteiger partial charge on any atom is -0.492 e. The molecule has 1 amide bonds. The molecule has 1 aromatic rings. The van der Waals surface area contributed by atoms with E-state index >= 15 is 0 Å². The van der Waals surface area contributed by atoms with Gasteiger partial charge in [0, 0.05) is 31.7 Å². The van der Waals surface area contributed by atoms with Crippen LogP contribution >= 0.6 is 11.3 Å². The predicted octanol–water partition coefficient (Wildman–Crippen LogP) is 3.19. The summed E-state index contributed by atoms with van der Waals surface area (Å²) >= 11 is 1.46. The van der Waals surface area contributed by atoms with Crippen molar-refractivity contribution in [2.45, 2.75) is 39.2 Å². The number of nitrogens with zero attached hydrogens (tertiary/aromatic N) is 1. The number of ether oxygens (including phenoxy) is 3. The summed E-state index contributed by atoms with van der Waals surface area (Å²) in [6.45, 7) is 8.16. The molecule has 0 unspecified atom stereocenters. The average molecular weight is 353 g/mol. The van der Waals surface area contributed by atoms with Gasteiger partial charge in [-0.1, -0.05) is 0 Å². The molecular weight excluding hydrogens is 326 g/mol. The third-order valence-corrected chi connectivity index (χ3v) is 5.88. The Balaban J connectivity index is 1.77. The highest BCUT2D eigenvalue weighted by molar-refractivity contribution is 7.12. The van der Waals surface area contributed by atoms with Crippen LogP contribution in [0.1, 0.15) is 42.8 Å². The maximum atomic E-state index is 13.0. The van der Waals surface area contributed by atoms with Crippen molar-refractivity contribution < 1.29 is 19.0 Å². The molecule has 134 valence electrons. The van der Waals surface area contributed by atoms with E-state index in [1.54, 1.807) is 0 Å². The highest BCUT2D eigenvalue weighted by Crippen LogP contribution is 2.41. The molecule has 0 aliphatic carbocycles. The van der Waals surface area contributed by atoms with Crippen molar-refractivity contribution in [3.63, 3.8) is 0 Å². The molecular formula is C18H27NO4S. The molecule has 2 aliphatic heterocycles. The Morgan fingerprint density at radius 3 is 3.12 bits per heavy atom. The molecule has 24 heavy (non-hydrogen) atoms. The quantitative estimate of drug-likeness (QED) is 0.788. The monoisotopic (exact) mass is 353 g/mol. The minimum atomic E-state index is -0.0643. The standard InChI is InChI=1S/C18H27NO4S/c1-3-21-13-18-8-5-10-23-15(18)6-9-19(12-18)17(20)16-14(22-4-2)7-11-24-16/h7,11,15H,3-6,8-10,12-13H2,1-2H3/t15-,18-/m0/s1. The van der Waals surface area contributed by atoms with Crippen LogP contribution in [-0.4, -0.2) is 56.4 Å². The second-order valence-corrected chi connectivity index (χ2v) is 7.44. The zero-order chi connectivity index (χ0) is 17.0. The zero-order valence-electron chi connectivity index (χ0n) is 14.6. The molecule has 2 fully saturated rings. The van der Waals surface area contributed by atoms with Crippen LogP contribution in [0.25, 0.3) is 0 Å². The molecule has 2 saturated heterocycles. The van der Waals surface area contributed by atoms with Crippen LogP contribution in [0.2, 0.25) is 0 Å². The van der Waals surface area contributed by atoms with E-state index < -0.39 is 0 Å². The van der Waals surface area contributed by atoms with E-state index in [0.29, 0.717) is 37.0 Å². The normalized spacial score (nSPS) is 26.9. The van der Waals surface area contributed by atoms with Gasteiger partial charge >= 0.3 is 0 Å². The van der Waals surface area contributed by atoms with Gasteiger partial charge in [0.05, 0.1) is 19.3 Å². The number of carbonyl (C=O) groups excluding carboxylic acids is 1. The van der Waals surface area contributed by atoms with E-state index in [1.165, 1.54) is 11.3 Å². The van der Waals surface area contributed by atoms with Crippen LogP contribution in [0.4, 0.5) is 0 Å². The molecule has 2 aliphatic rings. The summed E-state index contributed by atoms with van der Waals surface area (Å²) in [5, 5.41) is 1.92. The molecule has 0 aromatic carbocycles. The molecule has 0 saturated carbocycles. The van der Waals surface area contributed by atoms with Crippen molar-refractivity contribution in [2.75, 3.05) is 39.5 Å². The van der Waals surface area contributed by atoms with Crippen molar-refractivity contribution in [3.05, 3.63) is 16.3 Å². The number of hydrogen-bond acceptors (Lipinski definition) is 5. The Labute approximate surface area is 147 Å². The van der Waals surface area contributed by atoms with Gasteiger partial charge in [-0.2, -0.15) is 0 Å². The van der Waals surface area contributed by atoms with Crippen molar-refractivity contribution in [1.82, 2.24) is 4.90 Å². The second kappa shape index (κ2) is 7.85. The largest absolute Gasteiger partial charge is 0.492 e. The van der Waals surface area contributed by atoms with Gasteiger partial charge in [0.15, 0.2) is 0 Å². The number of carbonyl (C=O) groups is 1. The average Bonchev–Trinajstić information content (AvgIpc) is 3.07. The third-order valence-electron chi connectivity index (χ3n) is 4.99. The maximum absolute atomic E-state index is 13.0. The molecule has 5 nitrogen and oxygen atoms in total. The number of hydrogen-bond donors (Lipinski definition) is 0. The summed E-state index contributed by atoms with van der Waals surface area (Å²) in [5.41, 5.74) is -0.0643. The van der Waals surface area contributed by atoms with E-state index in [4.69, 9.17) is 14.2 Å².